The first-order valence-electron chi connectivity index (χ1n) is 8.86. The number of anilines is 1. The van der Waals surface area contributed by atoms with Gasteiger partial charge in [0.2, 0.25) is 0 Å². The number of aliphatic hydroxyl groups excluding tert-OH is 2. The summed E-state index contributed by atoms with van der Waals surface area (Å²) in [6.45, 7) is 5.01. The van der Waals surface area contributed by atoms with Gasteiger partial charge in [0, 0.05) is 37.6 Å². The molecule has 1 heterocycles. The molecular formula is C20H24Br2N2O5. The molecule has 7 nitrogen and oxygen atoms in total. The van der Waals surface area contributed by atoms with E-state index >= 15 is 0 Å². The van der Waals surface area contributed by atoms with E-state index in [2.05, 4.69) is 44.8 Å². The summed E-state index contributed by atoms with van der Waals surface area (Å²) in [7, 11) is 0. The highest BCUT2D eigenvalue weighted by Crippen LogP contribution is 2.37. The molecule has 1 aliphatic heterocycles. The van der Waals surface area contributed by atoms with Crippen LogP contribution in [-0.2, 0) is 15.6 Å². The third-order valence-corrected chi connectivity index (χ3v) is 6.31. The van der Waals surface area contributed by atoms with Gasteiger partial charge in [0.1, 0.15) is 0 Å². The van der Waals surface area contributed by atoms with Gasteiger partial charge in [0.25, 0.3) is 5.69 Å². The maximum Gasteiger partial charge on any atom is 0.270 e. The van der Waals surface area contributed by atoms with Crippen molar-refractivity contribution < 1.29 is 19.9 Å². The van der Waals surface area contributed by atoms with E-state index in [1.165, 1.54) is 23.8 Å². The first-order valence-corrected chi connectivity index (χ1v) is 10.4. The smallest absolute Gasteiger partial charge is 0.270 e. The van der Waals surface area contributed by atoms with Gasteiger partial charge in [0.05, 0.1) is 31.4 Å². The highest BCUT2D eigenvalue weighted by molar-refractivity contribution is 9.10. The highest BCUT2D eigenvalue weighted by Gasteiger charge is 2.36. The van der Waals surface area contributed by atoms with Crippen LogP contribution in [0.25, 0.3) is 0 Å². The zero-order valence-corrected chi connectivity index (χ0v) is 19.4. The van der Waals surface area contributed by atoms with E-state index in [4.69, 9.17) is 10.5 Å². The topological polar surface area (TPSA) is 119 Å². The summed E-state index contributed by atoms with van der Waals surface area (Å²) in [5.41, 5.74) is 7.72. The number of non-ortho nitro benzene ring substituents is 1. The molecule has 0 aliphatic carbocycles. The monoisotopic (exact) mass is 530 g/mol. The fraction of sp³-hybridized carbons (Fsp3) is 0.400. The molecule has 0 radical (unpaired) electrons. The minimum Gasteiger partial charge on any atom is -0.399 e. The molecule has 0 aromatic heterocycles. The average molecular weight is 532 g/mol. The fourth-order valence-electron chi connectivity index (χ4n) is 2.91. The molecule has 9 heteroatoms. The number of nitrogens with two attached hydrogens (primary N) is 1. The van der Waals surface area contributed by atoms with Gasteiger partial charge >= 0.3 is 0 Å². The minimum absolute atomic E-state index is 0.0335. The molecule has 1 fully saturated rings. The molecule has 2 aromatic carbocycles. The molecule has 0 atom stereocenters. The molecule has 2 aromatic rings. The van der Waals surface area contributed by atoms with Gasteiger partial charge in [-0.15, -0.1) is 0 Å². The molecule has 1 aliphatic rings. The van der Waals surface area contributed by atoms with Crippen LogP contribution in [0.2, 0.25) is 0 Å². The van der Waals surface area contributed by atoms with Gasteiger partial charge in [-0.05, 0) is 23.3 Å². The molecule has 158 valence electrons. The Morgan fingerprint density at radius 3 is 2.21 bits per heavy atom. The van der Waals surface area contributed by atoms with Crippen molar-refractivity contribution in [2.24, 2.45) is 0 Å². The number of nitro groups is 1. The maximum absolute atomic E-state index is 10.5. The van der Waals surface area contributed by atoms with Crippen LogP contribution in [0.1, 0.15) is 25.0 Å². The average Bonchev–Trinajstić information content (AvgIpc) is 2.66. The van der Waals surface area contributed by atoms with Crippen LogP contribution >= 0.6 is 31.9 Å². The van der Waals surface area contributed by atoms with Crippen molar-refractivity contribution in [3.05, 3.63) is 66.6 Å². The standard InChI is InChI=1S/C10H12BrNO4.C10H12BrNO/c1-10(5-13,6-14)8-3-2-7(12(15)16)4-9(8)11;1-10(5-13-6-10)8-3-2-7(12)4-9(8)11/h2-4,13-14H,5-6H2,1H3;2-4H,5-6,12H2,1H3. The first-order chi connectivity index (χ1) is 13.6. The lowest BCUT2D eigenvalue weighted by Gasteiger charge is -2.39. The predicted molar refractivity (Wildman–Crippen MR) is 119 cm³/mol. The van der Waals surface area contributed by atoms with Gasteiger partial charge in [-0.1, -0.05) is 57.8 Å². The number of nitrogen functional groups attached to an aromatic ring is 1. The third-order valence-electron chi connectivity index (χ3n) is 5.00. The molecule has 0 spiro atoms. The van der Waals surface area contributed by atoms with Crippen LogP contribution in [0.4, 0.5) is 11.4 Å². The van der Waals surface area contributed by atoms with Crippen molar-refractivity contribution in [1.82, 2.24) is 0 Å². The normalized spacial score (nSPS) is 15.1. The summed E-state index contributed by atoms with van der Waals surface area (Å²) >= 11 is 6.73. The van der Waals surface area contributed by atoms with E-state index in [0.29, 0.717) is 10.0 Å². The van der Waals surface area contributed by atoms with Crippen LogP contribution in [0.5, 0.6) is 0 Å². The molecule has 0 unspecified atom stereocenters. The number of halogens is 2. The largest absolute Gasteiger partial charge is 0.399 e. The molecule has 0 bridgehead atoms. The highest BCUT2D eigenvalue weighted by atomic mass is 79.9. The van der Waals surface area contributed by atoms with Crippen LogP contribution in [0.15, 0.2) is 45.3 Å². The van der Waals surface area contributed by atoms with Crippen molar-refractivity contribution in [3.63, 3.8) is 0 Å². The van der Waals surface area contributed by atoms with Gasteiger partial charge in [-0.2, -0.15) is 0 Å². The number of ether oxygens (including phenoxy) is 1. The van der Waals surface area contributed by atoms with Crippen LogP contribution < -0.4 is 5.73 Å². The van der Waals surface area contributed by atoms with Gasteiger partial charge in [-0.3, -0.25) is 10.1 Å². The maximum atomic E-state index is 10.5. The van der Waals surface area contributed by atoms with E-state index in [1.807, 2.05) is 12.1 Å². The zero-order valence-electron chi connectivity index (χ0n) is 16.2. The van der Waals surface area contributed by atoms with E-state index in [-0.39, 0.29) is 24.3 Å². The number of hydrogen-bond donors (Lipinski definition) is 3. The fourth-order valence-corrected chi connectivity index (χ4v) is 4.63. The Balaban J connectivity index is 0.000000211. The summed E-state index contributed by atoms with van der Waals surface area (Å²) in [6, 6.07) is 10.2. The Kier molecular flexibility index (Phi) is 7.80. The number of hydrogen-bond acceptors (Lipinski definition) is 6. The van der Waals surface area contributed by atoms with Crippen molar-refractivity contribution in [2.45, 2.75) is 24.7 Å². The van der Waals surface area contributed by atoms with Crippen molar-refractivity contribution in [1.29, 1.82) is 0 Å². The quantitative estimate of drug-likeness (QED) is 0.305. The molecule has 0 amide bonds. The summed E-state index contributed by atoms with van der Waals surface area (Å²) in [5.74, 6) is 0. The molecule has 0 saturated carbocycles. The van der Waals surface area contributed by atoms with Crippen molar-refractivity contribution >= 4 is 43.2 Å². The first kappa shape index (κ1) is 23.8. The third kappa shape index (κ3) is 5.35. The molecular weight excluding hydrogens is 508 g/mol. The lowest BCUT2D eigenvalue weighted by Crippen LogP contribution is -2.44. The van der Waals surface area contributed by atoms with Crippen molar-refractivity contribution in [3.8, 4) is 0 Å². The summed E-state index contributed by atoms with van der Waals surface area (Å²) < 4.78 is 6.81. The predicted octanol–water partition coefficient (Wildman–Crippen LogP) is 3.92. The molecule has 29 heavy (non-hydrogen) atoms. The van der Waals surface area contributed by atoms with Crippen LogP contribution in [-0.4, -0.2) is 41.6 Å². The van der Waals surface area contributed by atoms with E-state index in [9.17, 15) is 20.3 Å². The number of benzene rings is 2. The molecule has 1 saturated heterocycles. The molecule has 3 rings (SSSR count). The Hall–Kier alpha value is -1.52. The molecule has 4 N–H and O–H groups in total. The summed E-state index contributed by atoms with van der Waals surface area (Å²) in [4.78, 5) is 10.0. The lowest BCUT2D eigenvalue weighted by molar-refractivity contribution is -0.385. The Labute approximate surface area is 186 Å². The van der Waals surface area contributed by atoms with Crippen molar-refractivity contribution in [2.75, 3.05) is 32.2 Å². The Morgan fingerprint density at radius 2 is 1.79 bits per heavy atom. The van der Waals surface area contributed by atoms with Crippen LogP contribution in [0, 0.1) is 10.1 Å². The van der Waals surface area contributed by atoms with E-state index < -0.39 is 10.3 Å². The lowest BCUT2D eigenvalue weighted by atomic mass is 9.81. The van der Waals surface area contributed by atoms with Crippen LogP contribution in [0.3, 0.4) is 0 Å². The summed E-state index contributed by atoms with van der Waals surface area (Å²) in [6.07, 6.45) is 0. The Morgan fingerprint density at radius 1 is 1.17 bits per heavy atom. The minimum atomic E-state index is -0.812. The number of aliphatic hydroxyl groups is 2. The SMILES string of the molecule is CC(CO)(CO)c1ccc([N+](=O)[O-])cc1Br.CC1(c2ccc(N)cc2Br)COC1. The zero-order chi connectivity index (χ0) is 21.8. The second kappa shape index (κ2) is 9.53. The number of nitrogens with zero attached hydrogens (tertiary/aromatic N) is 1. The van der Waals surface area contributed by atoms with Gasteiger partial charge in [-0.25, -0.2) is 0 Å². The summed E-state index contributed by atoms with van der Waals surface area (Å²) in [5, 5.41) is 29.0. The number of rotatable bonds is 5. The number of nitro benzene ring substituents is 1. The van der Waals surface area contributed by atoms with E-state index in [0.717, 1.165) is 23.4 Å². The van der Waals surface area contributed by atoms with Gasteiger partial charge in [0.15, 0.2) is 0 Å². The Bertz CT molecular complexity index is 883. The second-order valence-electron chi connectivity index (χ2n) is 7.59. The van der Waals surface area contributed by atoms with Gasteiger partial charge < -0.3 is 20.7 Å². The van der Waals surface area contributed by atoms with E-state index in [1.54, 1.807) is 6.92 Å². The second-order valence-corrected chi connectivity index (χ2v) is 9.30.